The van der Waals surface area contributed by atoms with E-state index < -0.39 is 0 Å². The Labute approximate surface area is 247 Å². The second-order valence-electron chi connectivity index (χ2n) is 10.4. The third-order valence-corrected chi connectivity index (χ3v) is 7.78. The quantitative estimate of drug-likeness (QED) is 0.218. The second-order valence-corrected chi connectivity index (χ2v) is 10.4. The summed E-state index contributed by atoms with van der Waals surface area (Å²) < 4.78 is 6.30. The minimum atomic E-state index is 0.603. The maximum absolute atomic E-state index is 9.83. The van der Waals surface area contributed by atoms with E-state index >= 15 is 0 Å². The standard InChI is InChI=1S/C38H22N4O/c39-23-28-14-9-17-33-34(28)32-22-31(29-15-7-8-16-30(29)35(32)43-33)24-18-20-27(21-19-24)38-41-36(25-10-3-1-4-11-25)40-37(42-38)26-12-5-2-6-13-26/h1-22H. The van der Waals surface area contributed by atoms with Crippen molar-refractivity contribution < 1.29 is 4.42 Å². The summed E-state index contributed by atoms with van der Waals surface area (Å²) in [4.78, 5) is 14.6. The highest BCUT2D eigenvalue weighted by Gasteiger charge is 2.17. The van der Waals surface area contributed by atoms with Crippen LogP contribution in [0.3, 0.4) is 0 Å². The van der Waals surface area contributed by atoms with Crippen LogP contribution < -0.4 is 0 Å². The molecule has 0 unspecified atom stereocenters. The molecule has 0 N–H and O–H groups in total. The van der Waals surface area contributed by atoms with E-state index in [2.05, 4.69) is 48.5 Å². The van der Waals surface area contributed by atoms with Crippen LogP contribution in [0.4, 0.5) is 0 Å². The van der Waals surface area contributed by atoms with Gasteiger partial charge in [0.25, 0.3) is 0 Å². The predicted molar refractivity (Wildman–Crippen MR) is 171 cm³/mol. The summed E-state index contributed by atoms with van der Waals surface area (Å²) in [6.07, 6.45) is 0. The number of hydrogen-bond donors (Lipinski definition) is 0. The van der Waals surface area contributed by atoms with Crippen LogP contribution in [0.15, 0.2) is 138 Å². The van der Waals surface area contributed by atoms with Crippen molar-refractivity contribution in [1.29, 1.82) is 5.26 Å². The molecule has 0 bridgehead atoms. The number of aromatic nitrogens is 3. The van der Waals surface area contributed by atoms with Crippen LogP contribution in [0, 0.1) is 11.3 Å². The Morgan fingerprint density at radius 1 is 0.488 bits per heavy atom. The monoisotopic (exact) mass is 550 g/mol. The highest BCUT2D eigenvalue weighted by Crippen LogP contribution is 2.41. The molecule has 5 heteroatoms. The molecule has 0 saturated heterocycles. The third kappa shape index (κ3) is 4.21. The molecule has 0 fully saturated rings. The van der Waals surface area contributed by atoms with Gasteiger partial charge in [-0.05, 0) is 34.7 Å². The number of hydrogen-bond acceptors (Lipinski definition) is 5. The van der Waals surface area contributed by atoms with Crippen LogP contribution >= 0.6 is 0 Å². The van der Waals surface area contributed by atoms with Crippen LogP contribution in [-0.2, 0) is 0 Å². The fourth-order valence-electron chi connectivity index (χ4n) is 5.72. The Morgan fingerprint density at radius 3 is 1.63 bits per heavy atom. The number of nitrogens with zero attached hydrogens (tertiary/aromatic N) is 4. The van der Waals surface area contributed by atoms with Crippen LogP contribution in [0.2, 0.25) is 0 Å². The summed E-state index contributed by atoms with van der Waals surface area (Å²) in [5.74, 6) is 1.87. The van der Waals surface area contributed by atoms with E-state index in [1.165, 1.54) is 0 Å². The van der Waals surface area contributed by atoms with Crippen LogP contribution in [0.1, 0.15) is 5.56 Å². The SMILES string of the molecule is N#Cc1cccc2oc3c4ccccc4c(-c4ccc(-c5nc(-c6ccccc6)nc(-c6ccccc6)n5)cc4)cc3c12. The number of furan rings is 1. The molecule has 6 aromatic carbocycles. The second kappa shape index (κ2) is 10.1. The van der Waals surface area contributed by atoms with Gasteiger partial charge in [-0.15, -0.1) is 0 Å². The molecule has 0 spiro atoms. The van der Waals surface area contributed by atoms with E-state index in [1.54, 1.807) is 0 Å². The maximum Gasteiger partial charge on any atom is 0.164 e. The lowest BCUT2D eigenvalue weighted by atomic mass is 9.94. The zero-order valence-corrected chi connectivity index (χ0v) is 22.9. The first-order valence-corrected chi connectivity index (χ1v) is 14.0. The minimum Gasteiger partial charge on any atom is -0.455 e. The van der Waals surface area contributed by atoms with Gasteiger partial charge in [-0.1, -0.05) is 115 Å². The molecule has 2 aromatic heterocycles. The van der Waals surface area contributed by atoms with E-state index in [9.17, 15) is 5.26 Å². The molecule has 0 amide bonds. The molecule has 8 aromatic rings. The first kappa shape index (κ1) is 24.7. The van der Waals surface area contributed by atoms with Crippen LogP contribution in [0.5, 0.6) is 0 Å². The summed E-state index contributed by atoms with van der Waals surface area (Å²) in [6.45, 7) is 0. The lowest BCUT2D eigenvalue weighted by molar-refractivity contribution is 0.672. The summed E-state index contributed by atoms with van der Waals surface area (Å²) in [5.41, 5.74) is 6.98. The fourth-order valence-corrected chi connectivity index (χ4v) is 5.72. The van der Waals surface area contributed by atoms with Gasteiger partial charge < -0.3 is 4.42 Å². The van der Waals surface area contributed by atoms with Crippen molar-refractivity contribution in [2.24, 2.45) is 0 Å². The van der Waals surface area contributed by atoms with Crippen molar-refractivity contribution in [3.8, 4) is 51.4 Å². The summed E-state index contributed by atoms with van der Waals surface area (Å²) in [5, 5.41) is 13.7. The zero-order chi connectivity index (χ0) is 28.8. The van der Waals surface area contributed by atoms with Gasteiger partial charge in [0.1, 0.15) is 11.2 Å². The van der Waals surface area contributed by atoms with Crippen LogP contribution in [-0.4, -0.2) is 15.0 Å². The van der Waals surface area contributed by atoms with Gasteiger partial charge in [0.15, 0.2) is 17.5 Å². The summed E-state index contributed by atoms with van der Waals surface area (Å²) in [6, 6.07) is 46.6. The number of fused-ring (bicyclic) bond motifs is 5. The molecule has 0 atom stereocenters. The minimum absolute atomic E-state index is 0.603. The number of benzene rings is 6. The molecule has 0 radical (unpaired) electrons. The number of nitriles is 1. The topological polar surface area (TPSA) is 75.6 Å². The van der Waals surface area contributed by atoms with Gasteiger partial charge in [-0.2, -0.15) is 5.26 Å². The van der Waals surface area contributed by atoms with Gasteiger partial charge in [0.05, 0.1) is 11.6 Å². The van der Waals surface area contributed by atoms with Gasteiger partial charge in [0, 0.05) is 32.8 Å². The summed E-state index contributed by atoms with van der Waals surface area (Å²) in [7, 11) is 0. The maximum atomic E-state index is 9.83. The Hall–Kier alpha value is -6.12. The Balaban J connectivity index is 1.29. The Kier molecular flexibility index (Phi) is 5.77. The molecule has 0 saturated carbocycles. The fraction of sp³-hybridized carbons (Fsp3) is 0. The molecule has 0 aliphatic heterocycles. The van der Waals surface area contributed by atoms with Gasteiger partial charge in [-0.25, -0.2) is 15.0 Å². The first-order chi connectivity index (χ1) is 21.3. The van der Waals surface area contributed by atoms with Crippen molar-refractivity contribution in [3.63, 3.8) is 0 Å². The molecule has 43 heavy (non-hydrogen) atoms. The highest BCUT2D eigenvalue weighted by atomic mass is 16.3. The Bertz CT molecular complexity index is 2280. The molecular formula is C38H22N4O. The van der Waals surface area contributed by atoms with E-state index in [4.69, 9.17) is 19.4 Å². The first-order valence-electron chi connectivity index (χ1n) is 14.0. The molecule has 0 aliphatic carbocycles. The van der Waals surface area contributed by atoms with E-state index in [1.807, 2.05) is 91.0 Å². The smallest absolute Gasteiger partial charge is 0.164 e. The molecule has 5 nitrogen and oxygen atoms in total. The largest absolute Gasteiger partial charge is 0.455 e. The van der Waals surface area contributed by atoms with Crippen LogP contribution in [0.25, 0.3) is 78.0 Å². The molecule has 8 rings (SSSR count). The molecular weight excluding hydrogens is 528 g/mol. The molecule has 200 valence electrons. The van der Waals surface area contributed by atoms with E-state index in [0.29, 0.717) is 28.6 Å². The zero-order valence-electron chi connectivity index (χ0n) is 22.9. The van der Waals surface area contributed by atoms with Crippen molar-refractivity contribution >= 4 is 32.7 Å². The van der Waals surface area contributed by atoms with Crippen molar-refractivity contribution in [2.45, 2.75) is 0 Å². The third-order valence-electron chi connectivity index (χ3n) is 7.78. The molecule has 0 aliphatic rings. The predicted octanol–water partition coefficient (Wildman–Crippen LogP) is 9.46. The Morgan fingerprint density at radius 2 is 1.02 bits per heavy atom. The van der Waals surface area contributed by atoms with Gasteiger partial charge in [0.2, 0.25) is 0 Å². The van der Waals surface area contributed by atoms with Gasteiger partial charge in [-0.3, -0.25) is 0 Å². The van der Waals surface area contributed by atoms with Crippen molar-refractivity contribution in [3.05, 3.63) is 139 Å². The average Bonchev–Trinajstić information content (AvgIpc) is 3.48. The number of rotatable bonds is 4. The lowest BCUT2D eigenvalue weighted by Gasteiger charge is -2.11. The van der Waals surface area contributed by atoms with Crippen molar-refractivity contribution in [1.82, 2.24) is 15.0 Å². The lowest BCUT2D eigenvalue weighted by Crippen LogP contribution is -2.00. The normalized spacial score (nSPS) is 11.2. The van der Waals surface area contributed by atoms with Crippen molar-refractivity contribution in [2.75, 3.05) is 0 Å². The molecule has 2 heterocycles. The van der Waals surface area contributed by atoms with E-state index in [-0.39, 0.29) is 0 Å². The average molecular weight is 551 g/mol. The van der Waals surface area contributed by atoms with Gasteiger partial charge >= 0.3 is 0 Å². The highest BCUT2D eigenvalue weighted by molar-refractivity contribution is 6.20. The summed E-state index contributed by atoms with van der Waals surface area (Å²) >= 11 is 0. The van der Waals surface area contributed by atoms with E-state index in [0.717, 1.165) is 54.9 Å².